The van der Waals surface area contributed by atoms with Gasteiger partial charge in [0.15, 0.2) is 0 Å². The van der Waals surface area contributed by atoms with Gasteiger partial charge in [0.1, 0.15) is 6.42 Å². The highest BCUT2D eigenvalue weighted by molar-refractivity contribution is 5.97. The Labute approximate surface area is 121 Å². The van der Waals surface area contributed by atoms with Crippen molar-refractivity contribution in [2.24, 2.45) is 0 Å². The molecule has 2 amide bonds. The van der Waals surface area contributed by atoms with Gasteiger partial charge in [0.2, 0.25) is 5.91 Å². The summed E-state index contributed by atoms with van der Waals surface area (Å²) in [7, 11) is 0. The van der Waals surface area contributed by atoms with Gasteiger partial charge < -0.3 is 15.6 Å². The lowest BCUT2D eigenvalue weighted by atomic mass is 10.2. The molecule has 2 rings (SSSR count). The van der Waals surface area contributed by atoms with E-state index in [-0.39, 0.29) is 18.2 Å². The van der Waals surface area contributed by atoms with E-state index in [0.717, 1.165) is 11.0 Å². The van der Waals surface area contributed by atoms with Crippen molar-refractivity contribution in [3.8, 4) is 6.07 Å². The monoisotopic (exact) mass is 285 g/mol. The van der Waals surface area contributed by atoms with Gasteiger partial charge in [-0.2, -0.15) is 5.26 Å². The Morgan fingerprint density at radius 3 is 2.90 bits per heavy atom. The molecule has 1 aromatic carbocycles. The number of amides is 2. The van der Waals surface area contributed by atoms with Gasteiger partial charge in [-0.3, -0.25) is 9.59 Å². The summed E-state index contributed by atoms with van der Waals surface area (Å²) in [6.45, 7) is 0.882. The van der Waals surface area contributed by atoms with Crippen molar-refractivity contribution in [2.45, 2.75) is 12.8 Å². The number of hydrogen-bond acceptors (Lipinski definition) is 4. The topological polar surface area (TPSA) is 111 Å². The summed E-state index contributed by atoms with van der Waals surface area (Å²) in [5.41, 5.74) is 2.18. The zero-order valence-corrected chi connectivity index (χ0v) is 11.3. The molecular formula is C14H15N5O2. The van der Waals surface area contributed by atoms with E-state index in [4.69, 9.17) is 5.26 Å². The number of aromatic amines is 1. The highest BCUT2D eigenvalue weighted by Crippen LogP contribution is 2.11. The van der Waals surface area contributed by atoms with E-state index in [1.165, 1.54) is 0 Å². The van der Waals surface area contributed by atoms with Crippen molar-refractivity contribution < 1.29 is 9.59 Å². The van der Waals surface area contributed by atoms with E-state index in [1.807, 2.05) is 0 Å². The molecule has 0 aliphatic heterocycles. The van der Waals surface area contributed by atoms with Crippen LogP contribution in [0.2, 0.25) is 0 Å². The van der Waals surface area contributed by atoms with Crippen LogP contribution in [0.5, 0.6) is 0 Å². The van der Waals surface area contributed by atoms with Crippen molar-refractivity contribution in [1.29, 1.82) is 5.26 Å². The molecule has 0 bridgehead atoms. The minimum atomic E-state index is -0.298. The van der Waals surface area contributed by atoms with E-state index in [1.54, 1.807) is 30.6 Å². The quantitative estimate of drug-likeness (QED) is 0.679. The fourth-order valence-electron chi connectivity index (χ4n) is 1.83. The van der Waals surface area contributed by atoms with Crippen LogP contribution in [0.4, 0.5) is 0 Å². The lowest BCUT2D eigenvalue weighted by Crippen LogP contribution is -2.29. The van der Waals surface area contributed by atoms with Crippen LogP contribution in [-0.2, 0) is 4.79 Å². The average Bonchev–Trinajstić information content (AvgIpc) is 2.94. The predicted octanol–water partition coefficient (Wildman–Crippen LogP) is 0.713. The molecule has 1 heterocycles. The van der Waals surface area contributed by atoms with Crippen LogP contribution in [0.3, 0.4) is 0 Å². The number of hydrogen-bond donors (Lipinski definition) is 3. The van der Waals surface area contributed by atoms with E-state index in [9.17, 15) is 9.59 Å². The number of H-pyrrole nitrogens is 1. The molecule has 0 radical (unpaired) electrons. The fraction of sp³-hybridized carbons (Fsp3) is 0.286. The molecule has 0 atom stereocenters. The first-order valence-electron chi connectivity index (χ1n) is 6.55. The Hall–Kier alpha value is -2.88. The normalized spacial score (nSPS) is 10.0. The highest BCUT2D eigenvalue weighted by atomic mass is 16.2. The molecule has 3 N–H and O–H groups in total. The number of carbonyl (C=O) groups excluding carboxylic acids is 2. The van der Waals surface area contributed by atoms with Gasteiger partial charge in [0, 0.05) is 18.7 Å². The minimum Gasteiger partial charge on any atom is -0.355 e. The summed E-state index contributed by atoms with van der Waals surface area (Å²) in [5.74, 6) is -0.469. The third-order valence-corrected chi connectivity index (χ3v) is 2.88. The van der Waals surface area contributed by atoms with Crippen molar-refractivity contribution in [3.05, 3.63) is 30.1 Å². The summed E-state index contributed by atoms with van der Waals surface area (Å²) in [6.07, 6.45) is 2.04. The Bertz CT molecular complexity index is 686. The predicted molar refractivity (Wildman–Crippen MR) is 76.3 cm³/mol. The summed E-state index contributed by atoms with van der Waals surface area (Å²) >= 11 is 0. The van der Waals surface area contributed by atoms with E-state index >= 15 is 0 Å². The van der Waals surface area contributed by atoms with Crippen molar-refractivity contribution >= 4 is 22.8 Å². The van der Waals surface area contributed by atoms with Gasteiger partial charge in [0.25, 0.3) is 5.91 Å². The second-order valence-electron chi connectivity index (χ2n) is 4.43. The van der Waals surface area contributed by atoms with Crippen LogP contribution in [-0.4, -0.2) is 34.9 Å². The molecule has 0 aliphatic rings. The van der Waals surface area contributed by atoms with Crippen LogP contribution in [0.25, 0.3) is 11.0 Å². The molecule has 0 unspecified atom stereocenters. The second kappa shape index (κ2) is 7.05. The van der Waals surface area contributed by atoms with Gasteiger partial charge in [0.05, 0.1) is 23.4 Å². The Kier molecular flexibility index (Phi) is 4.88. The number of rotatable bonds is 6. The average molecular weight is 285 g/mol. The zero-order valence-electron chi connectivity index (χ0n) is 11.3. The second-order valence-corrected chi connectivity index (χ2v) is 4.43. The first-order chi connectivity index (χ1) is 10.2. The maximum Gasteiger partial charge on any atom is 0.251 e. The van der Waals surface area contributed by atoms with E-state index < -0.39 is 0 Å². The summed E-state index contributed by atoms with van der Waals surface area (Å²) in [5, 5.41) is 13.7. The number of benzene rings is 1. The molecule has 21 heavy (non-hydrogen) atoms. The van der Waals surface area contributed by atoms with Crippen LogP contribution in [0, 0.1) is 11.3 Å². The lowest BCUT2D eigenvalue weighted by Gasteiger charge is -2.06. The van der Waals surface area contributed by atoms with Crippen LogP contribution in [0.1, 0.15) is 23.2 Å². The first kappa shape index (κ1) is 14.5. The number of carbonyl (C=O) groups is 2. The molecule has 0 saturated carbocycles. The van der Waals surface area contributed by atoms with Gasteiger partial charge in [-0.25, -0.2) is 4.98 Å². The van der Waals surface area contributed by atoms with Crippen molar-refractivity contribution in [2.75, 3.05) is 13.1 Å². The largest absolute Gasteiger partial charge is 0.355 e. The zero-order chi connectivity index (χ0) is 15.1. The fourth-order valence-corrected chi connectivity index (χ4v) is 1.83. The van der Waals surface area contributed by atoms with E-state index in [2.05, 4.69) is 20.6 Å². The molecule has 0 aliphatic carbocycles. The molecular weight excluding hydrogens is 270 g/mol. The molecule has 0 fully saturated rings. The highest BCUT2D eigenvalue weighted by Gasteiger charge is 2.06. The van der Waals surface area contributed by atoms with Gasteiger partial charge in [-0.1, -0.05) is 0 Å². The molecule has 0 saturated heterocycles. The number of imidazole rings is 1. The first-order valence-corrected chi connectivity index (χ1v) is 6.55. The minimum absolute atomic E-state index is 0.142. The molecule has 7 nitrogen and oxygen atoms in total. The standard InChI is InChI=1S/C14H15N5O2/c15-5-4-13(20)16-6-1-7-17-14(21)10-2-3-11-12(8-10)19-9-18-11/h2-3,8-9H,1,4,6-7H2,(H,16,20)(H,17,21)(H,18,19). The van der Waals surface area contributed by atoms with Gasteiger partial charge >= 0.3 is 0 Å². The molecule has 2 aromatic rings. The third-order valence-electron chi connectivity index (χ3n) is 2.88. The van der Waals surface area contributed by atoms with Crippen molar-refractivity contribution in [1.82, 2.24) is 20.6 Å². The Morgan fingerprint density at radius 2 is 2.10 bits per heavy atom. The number of nitrogens with zero attached hydrogens (tertiary/aromatic N) is 2. The van der Waals surface area contributed by atoms with Crippen molar-refractivity contribution in [3.63, 3.8) is 0 Å². The van der Waals surface area contributed by atoms with Crippen LogP contribution in [0.15, 0.2) is 24.5 Å². The number of aromatic nitrogens is 2. The summed E-state index contributed by atoms with van der Waals surface area (Å²) < 4.78 is 0. The summed E-state index contributed by atoms with van der Waals surface area (Å²) in [6, 6.07) is 7.01. The molecule has 1 aromatic heterocycles. The van der Waals surface area contributed by atoms with E-state index in [0.29, 0.717) is 25.1 Å². The van der Waals surface area contributed by atoms with Gasteiger partial charge in [-0.05, 0) is 24.6 Å². The lowest BCUT2D eigenvalue weighted by molar-refractivity contribution is -0.120. The Balaban J connectivity index is 1.74. The van der Waals surface area contributed by atoms with Crippen LogP contribution >= 0.6 is 0 Å². The maximum absolute atomic E-state index is 11.9. The number of nitrogens with one attached hydrogen (secondary N) is 3. The van der Waals surface area contributed by atoms with Gasteiger partial charge in [-0.15, -0.1) is 0 Å². The molecule has 0 spiro atoms. The number of fused-ring (bicyclic) bond motifs is 1. The number of nitriles is 1. The molecule has 108 valence electrons. The Morgan fingerprint density at radius 1 is 1.29 bits per heavy atom. The maximum atomic E-state index is 11.9. The van der Waals surface area contributed by atoms with Crippen LogP contribution < -0.4 is 10.6 Å². The SMILES string of the molecule is N#CCC(=O)NCCCNC(=O)c1ccc2nc[nH]c2c1. The third kappa shape index (κ3) is 4.04. The summed E-state index contributed by atoms with van der Waals surface area (Å²) in [4.78, 5) is 30.0. The molecule has 7 heteroatoms. The smallest absolute Gasteiger partial charge is 0.251 e.